The first-order valence-corrected chi connectivity index (χ1v) is 6.69. The van der Waals surface area contributed by atoms with Crippen molar-refractivity contribution in [1.29, 1.82) is 0 Å². The number of aromatic nitrogens is 2. The molecule has 1 atom stereocenters. The molecule has 1 aromatic heterocycles. The van der Waals surface area contributed by atoms with Crippen molar-refractivity contribution in [2.45, 2.75) is 12.2 Å². The highest BCUT2D eigenvalue weighted by Gasteiger charge is 2.39. The van der Waals surface area contributed by atoms with Crippen molar-refractivity contribution in [2.75, 3.05) is 6.54 Å². The number of halogens is 3. The van der Waals surface area contributed by atoms with Crippen molar-refractivity contribution in [3.63, 3.8) is 0 Å². The molecule has 0 bridgehead atoms. The number of aliphatic carboxylic acids is 1. The summed E-state index contributed by atoms with van der Waals surface area (Å²) in [7, 11) is 0. The largest absolute Gasteiger partial charge is 0.480 e. The lowest BCUT2D eigenvalue weighted by Gasteiger charge is -2.09. The molecule has 0 radical (unpaired) electrons. The van der Waals surface area contributed by atoms with Crippen molar-refractivity contribution in [3.05, 3.63) is 47.8 Å². The zero-order chi connectivity index (χ0) is 17.9. The number of carbonyl (C=O) groups is 2. The molecule has 0 fully saturated rings. The SMILES string of the molecule is NC(CNC(=O)c1cn(-c2ccccc2)nc1C(F)(F)F)C(=O)O. The van der Waals surface area contributed by atoms with Crippen LogP contribution in [0.25, 0.3) is 5.69 Å². The van der Waals surface area contributed by atoms with Crippen LogP contribution in [0.15, 0.2) is 36.5 Å². The van der Waals surface area contributed by atoms with Crippen molar-refractivity contribution in [3.8, 4) is 5.69 Å². The van der Waals surface area contributed by atoms with E-state index in [1.807, 2.05) is 0 Å². The van der Waals surface area contributed by atoms with Gasteiger partial charge >= 0.3 is 12.1 Å². The highest BCUT2D eigenvalue weighted by atomic mass is 19.4. The first kappa shape index (κ1) is 17.5. The number of benzene rings is 1. The van der Waals surface area contributed by atoms with Crippen LogP contribution in [0.2, 0.25) is 0 Å². The molecule has 24 heavy (non-hydrogen) atoms. The van der Waals surface area contributed by atoms with Crippen LogP contribution in [0.3, 0.4) is 0 Å². The van der Waals surface area contributed by atoms with Crippen LogP contribution in [-0.2, 0) is 11.0 Å². The number of nitrogens with zero attached hydrogens (tertiary/aromatic N) is 2. The van der Waals surface area contributed by atoms with Gasteiger partial charge in [0.25, 0.3) is 5.91 Å². The first-order valence-electron chi connectivity index (χ1n) is 6.69. The number of amides is 1. The van der Waals surface area contributed by atoms with Gasteiger partial charge in [-0.25, -0.2) is 4.68 Å². The summed E-state index contributed by atoms with van der Waals surface area (Å²) >= 11 is 0. The lowest BCUT2D eigenvalue weighted by Crippen LogP contribution is -2.42. The standard InChI is InChI=1S/C14H13F3N4O3/c15-14(16,17)11-9(12(22)19-6-10(18)13(23)24)7-21(20-11)8-4-2-1-3-5-8/h1-5,7,10H,6,18H2,(H,19,22)(H,23,24). The Kier molecular flexibility index (Phi) is 4.88. The Morgan fingerprint density at radius 1 is 1.29 bits per heavy atom. The Morgan fingerprint density at radius 3 is 2.46 bits per heavy atom. The van der Waals surface area contributed by atoms with Crippen molar-refractivity contribution in [1.82, 2.24) is 15.1 Å². The summed E-state index contributed by atoms with van der Waals surface area (Å²) in [6.07, 6.45) is -3.92. The quantitative estimate of drug-likeness (QED) is 0.752. The second-order valence-electron chi connectivity index (χ2n) is 4.82. The topological polar surface area (TPSA) is 110 Å². The lowest BCUT2D eigenvalue weighted by atomic mass is 10.2. The molecule has 0 aliphatic rings. The van der Waals surface area contributed by atoms with Gasteiger partial charge < -0.3 is 16.2 Å². The third-order valence-electron chi connectivity index (χ3n) is 3.05. The van der Waals surface area contributed by atoms with E-state index in [0.717, 1.165) is 10.9 Å². The summed E-state index contributed by atoms with van der Waals surface area (Å²) in [5.41, 5.74) is 3.46. The van der Waals surface area contributed by atoms with Crippen LogP contribution < -0.4 is 11.1 Å². The van der Waals surface area contributed by atoms with Crippen molar-refractivity contribution < 1.29 is 27.9 Å². The molecule has 0 aliphatic heterocycles. The number of nitrogens with two attached hydrogens (primary N) is 1. The molecule has 128 valence electrons. The maximum atomic E-state index is 13.1. The van der Waals surface area contributed by atoms with Gasteiger partial charge in [0.15, 0.2) is 5.69 Å². The van der Waals surface area contributed by atoms with Crippen LogP contribution in [0.4, 0.5) is 13.2 Å². The number of hydrogen-bond acceptors (Lipinski definition) is 4. The molecule has 1 heterocycles. The molecule has 0 spiro atoms. The third kappa shape index (κ3) is 3.90. The Bertz CT molecular complexity index is 743. The predicted octanol–water partition coefficient (Wildman–Crippen LogP) is 1.03. The van der Waals surface area contributed by atoms with E-state index in [9.17, 15) is 22.8 Å². The molecule has 1 aromatic carbocycles. The number of nitrogens with one attached hydrogen (secondary N) is 1. The van der Waals surface area contributed by atoms with Gasteiger partial charge in [-0.15, -0.1) is 0 Å². The number of rotatable bonds is 5. The van der Waals surface area contributed by atoms with Gasteiger partial charge in [0.1, 0.15) is 6.04 Å². The van der Waals surface area contributed by atoms with E-state index >= 15 is 0 Å². The summed E-state index contributed by atoms with van der Waals surface area (Å²) in [5.74, 6) is -2.49. The molecule has 2 aromatic rings. The number of carboxylic acid groups (broad SMARTS) is 1. The molecule has 7 nitrogen and oxygen atoms in total. The maximum Gasteiger partial charge on any atom is 0.435 e. The van der Waals surface area contributed by atoms with Crippen LogP contribution in [0, 0.1) is 0 Å². The van der Waals surface area contributed by atoms with Gasteiger partial charge in [0.05, 0.1) is 11.3 Å². The predicted molar refractivity (Wildman–Crippen MR) is 76.5 cm³/mol. The minimum atomic E-state index is -4.85. The number of hydrogen-bond donors (Lipinski definition) is 3. The average molecular weight is 342 g/mol. The van der Waals surface area contributed by atoms with E-state index in [2.05, 4.69) is 10.4 Å². The van der Waals surface area contributed by atoms with Crippen molar-refractivity contribution in [2.24, 2.45) is 5.73 Å². The fraction of sp³-hybridized carbons (Fsp3) is 0.214. The Hall–Kier alpha value is -2.88. The number of alkyl halides is 3. The summed E-state index contributed by atoms with van der Waals surface area (Å²) in [6.45, 7) is -0.512. The zero-order valence-electron chi connectivity index (χ0n) is 12.1. The zero-order valence-corrected chi connectivity index (χ0v) is 12.1. The van der Waals surface area contributed by atoms with Crippen LogP contribution in [0.1, 0.15) is 16.1 Å². The normalized spacial score (nSPS) is 12.7. The van der Waals surface area contributed by atoms with Crippen molar-refractivity contribution >= 4 is 11.9 Å². The monoisotopic (exact) mass is 342 g/mol. The van der Waals surface area contributed by atoms with E-state index in [-0.39, 0.29) is 0 Å². The minimum absolute atomic E-state index is 0.337. The highest BCUT2D eigenvalue weighted by Crippen LogP contribution is 2.31. The van der Waals surface area contributed by atoms with Gasteiger partial charge in [0.2, 0.25) is 0 Å². The highest BCUT2D eigenvalue weighted by molar-refractivity contribution is 5.95. The van der Waals surface area contributed by atoms with E-state index in [1.54, 1.807) is 18.2 Å². The summed E-state index contributed by atoms with van der Waals surface area (Å²) in [4.78, 5) is 22.6. The van der Waals surface area contributed by atoms with Crippen LogP contribution >= 0.6 is 0 Å². The minimum Gasteiger partial charge on any atom is -0.480 e. The van der Waals surface area contributed by atoms with Crippen LogP contribution in [-0.4, -0.2) is 39.4 Å². The van der Waals surface area contributed by atoms with Gasteiger partial charge in [-0.3, -0.25) is 9.59 Å². The molecule has 4 N–H and O–H groups in total. The van der Waals surface area contributed by atoms with E-state index in [4.69, 9.17) is 10.8 Å². The van der Waals surface area contributed by atoms with E-state index < -0.39 is 41.9 Å². The Balaban J connectivity index is 2.32. The average Bonchev–Trinajstić information content (AvgIpc) is 2.98. The first-order chi connectivity index (χ1) is 11.2. The van der Waals surface area contributed by atoms with Gasteiger partial charge in [-0.05, 0) is 12.1 Å². The molecule has 1 unspecified atom stereocenters. The van der Waals surface area contributed by atoms with Gasteiger partial charge in [-0.2, -0.15) is 18.3 Å². The molecular weight excluding hydrogens is 329 g/mol. The van der Waals surface area contributed by atoms with Crippen LogP contribution in [0.5, 0.6) is 0 Å². The second-order valence-corrected chi connectivity index (χ2v) is 4.82. The number of carboxylic acids is 1. The maximum absolute atomic E-state index is 13.1. The second kappa shape index (κ2) is 6.71. The fourth-order valence-corrected chi connectivity index (χ4v) is 1.85. The molecule has 0 saturated heterocycles. The Morgan fingerprint density at radius 2 is 1.92 bits per heavy atom. The number of carbonyl (C=O) groups excluding carboxylic acids is 1. The molecule has 2 rings (SSSR count). The smallest absolute Gasteiger partial charge is 0.435 e. The summed E-state index contributed by atoms with van der Waals surface area (Å²) < 4.78 is 40.2. The molecule has 0 saturated carbocycles. The molecule has 10 heteroatoms. The third-order valence-corrected chi connectivity index (χ3v) is 3.05. The number of para-hydroxylation sites is 1. The molecule has 1 amide bonds. The molecular formula is C14H13F3N4O3. The fourth-order valence-electron chi connectivity index (χ4n) is 1.85. The summed E-state index contributed by atoms with van der Waals surface area (Å²) in [6, 6.07) is 6.52. The van der Waals surface area contributed by atoms with Gasteiger partial charge in [-0.1, -0.05) is 18.2 Å². The molecule has 0 aliphatic carbocycles. The van der Waals surface area contributed by atoms with Gasteiger partial charge in [0, 0.05) is 12.7 Å². The van der Waals surface area contributed by atoms with E-state index in [1.165, 1.54) is 12.1 Å². The summed E-state index contributed by atoms with van der Waals surface area (Å²) in [5, 5.41) is 14.1. The Labute approximate surface area is 133 Å². The van der Waals surface area contributed by atoms with E-state index in [0.29, 0.717) is 5.69 Å². The lowest BCUT2D eigenvalue weighted by molar-refractivity contribution is -0.142.